The monoisotopic (exact) mass is 640 g/mol. The van der Waals surface area contributed by atoms with Crippen LogP contribution in [0.2, 0.25) is 0 Å². The van der Waals surface area contributed by atoms with Gasteiger partial charge in [-0.3, -0.25) is 19.2 Å². The van der Waals surface area contributed by atoms with Crippen LogP contribution < -0.4 is 21.3 Å². The number of hydrogen-bond acceptors (Lipinski definition) is 4. The molecule has 0 aromatic heterocycles. The molecule has 0 saturated heterocycles. The van der Waals surface area contributed by atoms with Gasteiger partial charge in [-0.15, -0.1) is 0 Å². The van der Waals surface area contributed by atoms with Crippen LogP contribution in [0.4, 0.5) is 0 Å². The topological polar surface area (TPSA) is 116 Å². The van der Waals surface area contributed by atoms with Crippen LogP contribution in [-0.4, -0.2) is 47.8 Å². The quantitative estimate of drug-likeness (QED) is 0.260. The Labute approximate surface area is 278 Å². The van der Waals surface area contributed by atoms with Crippen molar-refractivity contribution in [2.75, 3.05) is 0 Å². The molecule has 5 saturated carbocycles. The van der Waals surface area contributed by atoms with Gasteiger partial charge >= 0.3 is 0 Å². The maximum atomic E-state index is 14.1. The lowest BCUT2D eigenvalue weighted by atomic mass is 9.66. The van der Waals surface area contributed by atoms with E-state index in [2.05, 4.69) is 49.0 Å². The molecule has 0 aromatic carbocycles. The molecule has 8 heteroatoms. The van der Waals surface area contributed by atoms with Crippen LogP contribution in [-0.2, 0) is 19.2 Å². The second-order valence-corrected chi connectivity index (χ2v) is 16.8. The summed E-state index contributed by atoms with van der Waals surface area (Å²) < 4.78 is 0. The summed E-state index contributed by atoms with van der Waals surface area (Å²) in [5.41, 5.74) is 0. The zero-order valence-electron chi connectivity index (χ0n) is 29.3. The first-order chi connectivity index (χ1) is 22.0. The summed E-state index contributed by atoms with van der Waals surface area (Å²) in [4.78, 5) is 56.6. The van der Waals surface area contributed by atoms with Gasteiger partial charge in [0.15, 0.2) is 0 Å². The molecule has 5 aliphatic carbocycles. The van der Waals surface area contributed by atoms with Gasteiger partial charge in [-0.1, -0.05) is 79.1 Å². The lowest BCUT2D eigenvalue weighted by Crippen LogP contribution is -2.56. The van der Waals surface area contributed by atoms with E-state index in [1.165, 1.54) is 25.7 Å². The number of nitrogens with one attached hydrogen (secondary N) is 4. The average Bonchev–Trinajstić information content (AvgIpc) is 3.00. The Balaban J connectivity index is 1.38. The van der Waals surface area contributed by atoms with Crippen LogP contribution in [0, 0.1) is 47.3 Å². The van der Waals surface area contributed by atoms with Crippen LogP contribution >= 0.6 is 0 Å². The van der Waals surface area contributed by atoms with E-state index in [1.54, 1.807) is 0 Å². The molecule has 0 radical (unpaired) electrons. The van der Waals surface area contributed by atoms with Crippen molar-refractivity contribution >= 4 is 23.6 Å². The molecule has 260 valence electrons. The molecule has 12 unspecified atom stereocenters. The van der Waals surface area contributed by atoms with Gasteiger partial charge in [-0.05, 0) is 87.9 Å². The molecule has 12 atom stereocenters. The fourth-order valence-corrected chi connectivity index (χ4v) is 9.86. The molecule has 4 N–H and O–H groups in total. The summed E-state index contributed by atoms with van der Waals surface area (Å²) in [7, 11) is 0. The predicted octanol–water partition coefficient (Wildman–Crippen LogP) is 6.02. The smallest absolute Gasteiger partial charge is 0.224 e. The molecule has 0 heterocycles. The highest BCUT2D eigenvalue weighted by Crippen LogP contribution is 2.41. The van der Waals surface area contributed by atoms with Crippen LogP contribution in [0.25, 0.3) is 0 Å². The number of rotatable bonds is 8. The van der Waals surface area contributed by atoms with Crippen molar-refractivity contribution in [3.05, 3.63) is 0 Å². The Kier molecular flexibility index (Phi) is 12.5. The number of carbonyl (C=O) groups excluding carboxylic acids is 4. The Morgan fingerprint density at radius 3 is 0.761 bits per heavy atom. The Hall–Kier alpha value is -2.12. The Morgan fingerprint density at radius 1 is 0.348 bits per heavy atom. The minimum absolute atomic E-state index is 0.101. The van der Waals surface area contributed by atoms with Crippen molar-refractivity contribution in [2.24, 2.45) is 47.3 Å². The van der Waals surface area contributed by atoms with E-state index in [0.29, 0.717) is 23.7 Å². The summed E-state index contributed by atoms with van der Waals surface area (Å²) in [5, 5.41) is 13.3. The summed E-state index contributed by atoms with van der Waals surface area (Å²) in [5.74, 6) is -0.711. The van der Waals surface area contributed by atoms with Crippen molar-refractivity contribution in [3.63, 3.8) is 0 Å². The maximum absolute atomic E-state index is 14.1. The average molecular weight is 641 g/mol. The van der Waals surface area contributed by atoms with E-state index < -0.39 is 23.7 Å². The molecule has 5 rings (SSSR count). The van der Waals surface area contributed by atoms with E-state index in [4.69, 9.17) is 0 Å². The Morgan fingerprint density at radius 2 is 0.565 bits per heavy atom. The highest BCUT2D eigenvalue weighted by atomic mass is 16.2. The van der Waals surface area contributed by atoms with Crippen LogP contribution in [0.15, 0.2) is 0 Å². The Bertz CT molecular complexity index is 903. The lowest BCUT2D eigenvalue weighted by Gasteiger charge is -2.41. The van der Waals surface area contributed by atoms with E-state index in [1.807, 2.05) is 0 Å². The van der Waals surface area contributed by atoms with Crippen LogP contribution in [0.3, 0.4) is 0 Å². The van der Waals surface area contributed by atoms with E-state index in [0.717, 1.165) is 77.0 Å². The van der Waals surface area contributed by atoms with Gasteiger partial charge in [-0.25, -0.2) is 0 Å². The molecule has 0 spiro atoms. The minimum atomic E-state index is -0.627. The standard InChI is InChI=1S/C38H64N4O4/c1-23-9-5-13-27(17-23)39-35(43)31-21-33(37(45)41-29-15-7-11-25(3)19-29)34(38(46)42-30-16-8-12-26(4)20-30)22-32(31)36(44)40-28-14-6-10-24(2)18-28/h23-34H,5-22H2,1-4H3,(H,39,43)(H,40,44)(H,41,45)(H,42,46). The largest absolute Gasteiger partial charge is 0.353 e. The van der Waals surface area contributed by atoms with Crippen molar-refractivity contribution in [2.45, 2.75) is 167 Å². The van der Waals surface area contributed by atoms with Crippen LogP contribution in [0.5, 0.6) is 0 Å². The summed E-state index contributed by atoms with van der Waals surface area (Å²) in [6, 6.07) is 0.405. The molecule has 0 bridgehead atoms. The first-order valence-electron chi connectivity index (χ1n) is 19.3. The fourth-order valence-electron chi connectivity index (χ4n) is 9.86. The van der Waals surface area contributed by atoms with Crippen molar-refractivity contribution < 1.29 is 19.2 Å². The second kappa shape index (κ2) is 16.3. The molecular weight excluding hydrogens is 576 g/mol. The summed E-state index contributed by atoms with van der Waals surface area (Å²) in [6.45, 7) is 8.96. The molecule has 5 aliphatic rings. The van der Waals surface area contributed by atoms with E-state index >= 15 is 0 Å². The molecule has 0 aromatic rings. The normalized spacial score (nSPS) is 40.3. The molecule has 0 aliphatic heterocycles. The van der Waals surface area contributed by atoms with Gasteiger partial charge < -0.3 is 21.3 Å². The number of carbonyl (C=O) groups is 4. The number of hydrogen-bond donors (Lipinski definition) is 4. The molecular formula is C38H64N4O4. The van der Waals surface area contributed by atoms with E-state index in [-0.39, 0.29) is 60.6 Å². The highest BCUT2D eigenvalue weighted by molar-refractivity contribution is 5.93. The van der Waals surface area contributed by atoms with Gasteiger partial charge in [0.1, 0.15) is 0 Å². The van der Waals surface area contributed by atoms with Crippen LogP contribution in [0.1, 0.15) is 143 Å². The summed E-state index contributed by atoms with van der Waals surface area (Å²) >= 11 is 0. The van der Waals surface area contributed by atoms with Gasteiger partial charge in [0.25, 0.3) is 0 Å². The van der Waals surface area contributed by atoms with Crippen molar-refractivity contribution in [1.29, 1.82) is 0 Å². The van der Waals surface area contributed by atoms with Gasteiger partial charge in [0.05, 0.1) is 23.7 Å². The molecule has 46 heavy (non-hydrogen) atoms. The van der Waals surface area contributed by atoms with E-state index in [9.17, 15) is 19.2 Å². The molecule has 4 amide bonds. The fraction of sp³-hybridized carbons (Fsp3) is 0.895. The van der Waals surface area contributed by atoms with Gasteiger partial charge in [0, 0.05) is 24.2 Å². The molecule has 8 nitrogen and oxygen atoms in total. The molecule has 5 fully saturated rings. The zero-order chi connectivity index (χ0) is 32.8. The van der Waals surface area contributed by atoms with Gasteiger partial charge in [0.2, 0.25) is 23.6 Å². The SMILES string of the molecule is CC1CCCC(NC(=O)C2CC(C(=O)NC3CCCC(C)C3)C(C(=O)NC3CCCC(C)C3)CC2C(=O)NC2CCCC(C)C2)C1. The first-order valence-corrected chi connectivity index (χ1v) is 19.3. The van der Waals surface area contributed by atoms with Crippen molar-refractivity contribution in [1.82, 2.24) is 21.3 Å². The first kappa shape index (κ1) is 35.2. The third kappa shape index (κ3) is 9.49. The zero-order valence-corrected chi connectivity index (χ0v) is 29.3. The third-order valence-electron chi connectivity index (χ3n) is 12.5. The second-order valence-electron chi connectivity index (χ2n) is 16.8. The van der Waals surface area contributed by atoms with Crippen molar-refractivity contribution in [3.8, 4) is 0 Å². The predicted molar refractivity (Wildman–Crippen MR) is 181 cm³/mol. The highest BCUT2D eigenvalue weighted by Gasteiger charge is 2.50. The third-order valence-corrected chi connectivity index (χ3v) is 12.5. The maximum Gasteiger partial charge on any atom is 0.224 e. The lowest BCUT2D eigenvalue weighted by molar-refractivity contribution is -0.148. The minimum Gasteiger partial charge on any atom is -0.353 e. The number of amides is 4. The summed E-state index contributed by atoms with van der Waals surface area (Å²) in [6.07, 6.45) is 17.2. The van der Waals surface area contributed by atoms with Gasteiger partial charge in [-0.2, -0.15) is 0 Å².